The lowest BCUT2D eigenvalue weighted by molar-refractivity contribution is 0.0946. The molecule has 0 spiro atoms. The number of ether oxygens (including phenoxy) is 1. The molecule has 1 amide bonds. The smallest absolute Gasteiger partial charge is 0.271 e. The van der Waals surface area contributed by atoms with Gasteiger partial charge in [0.2, 0.25) is 0 Å². The van der Waals surface area contributed by atoms with Crippen LogP contribution in [0.25, 0.3) is 0 Å². The molecule has 0 unspecified atom stereocenters. The van der Waals surface area contributed by atoms with E-state index >= 15 is 0 Å². The van der Waals surface area contributed by atoms with Crippen molar-refractivity contribution in [3.8, 4) is 0 Å². The lowest BCUT2D eigenvalue weighted by Crippen LogP contribution is -2.36. The van der Waals surface area contributed by atoms with Gasteiger partial charge in [-0.2, -0.15) is 11.8 Å². The van der Waals surface area contributed by atoms with Crippen LogP contribution in [0.3, 0.4) is 0 Å². The summed E-state index contributed by atoms with van der Waals surface area (Å²) < 4.78 is 7.47. The molecule has 2 aliphatic rings. The van der Waals surface area contributed by atoms with Gasteiger partial charge in [-0.05, 0) is 17.7 Å². The molecule has 1 aromatic heterocycles. The van der Waals surface area contributed by atoms with Gasteiger partial charge in [0.05, 0.1) is 19.0 Å². The van der Waals surface area contributed by atoms with E-state index in [-0.39, 0.29) is 5.91 Å². The van der Waals surface area contributed by atoms with E-state index in [9.17, 15) is 4.79 Å². The van der Waals surface area contributed by atoms with Crippen molar-refractivity contribution in [2.75, 3.05) is 37.0 Å². The first-order valence-corrected chi connectivity index (χ1v) is 9.79. The average Bonchev–Trinajstić information content (AvgIpc) is 3.11. The number of anilines is 1. The van der Waals surface area contributed by atoms with Crippen molar-refractivity contribution in [2.24, 2.45) is 0 Å². The summed E-state index contributed by atoms with van der Waals surface area (Å²) in [4.78, 5) is 19.1. The van der Waals surface area contributed by atoms with E-state index in [1.54, 1.807) is 0 Å². The molecule has 1 saturated heterocycles. The highest BCUT2D eigenvalue weighted by atomic mass is 32.2. The van der Waals surface area contributed by atoms with E-state index in [1.807, 2.05) is 18.0 Å². The zero-order valence-corrected chi connectivity index (χ0v) is 14.9. The number of aryl methyl sites for hydroxylation is 1. The van der Waals surface area contributed by atoms with Crippen LogP contribution in [0.1, 0.15) is 21.9 Å². The second kappa shape index (κ2) is 7.49. The highest BCUT2D eigenvalue weighted by Gasteiger charge is 2.17. The Balaban J connectivity index is 1.34. The molecule has 0 saturated carbocycles. The molecule has 0 atom stereocenters. The summed E-state index contributed by atoms with van der Waals surface area (Å²) in [5.74, 6) is 2.86. The van der Waals surface area contributed by atoms with Crippen molar-refractivity contribution >= 4 is 23.4 Å². The Labute approximate surface area is 151 Å². The number of nitrogens with one attached hydrogen (secondary N) is 1. The molecule has 1 N–H and O–H groups in total. The number of benzene rings is 1. The van der Waals surface area contributed by atoms with Crippen LogP contribution in [0.4, 0.5) is 5.69 Å². The van der Waals surface area contributed by atoms with Gasteiger partial charge in [-0.1, -0.05) is 12.1 Å². The van der Waals surface area contributed by atoms with Gasteiger partial charge in [-0.25, -0.2) is 4.98 Å². The second-order valence-corrected chi connectivity index (χ2v) is 7.34. The van der Waals surface area contributed by atoms with Crippen molar-refractivity contribution < 1.29 is 9.53 Å². The summed E-state index contributed by atoms with van der Waals surface area (Å²) in [6, 6.07) is 8.36. The maximum absolute atomic E-state index is 12.3. The Kier molecular flexibility index (Phi) is 4.94. The van der Waals surface area contributed by atoms with E-state index in [0.29, 0.717) is 12.2 Å². The molecule has 0 aliphatic carbocycles. The van der Waals surface area contributed by atoms with Gasteiger partial charge < -0.3 is 19.5 Å². The van der Waals surface area contributed by atoms with Crippen molar-refractivity contribution in [3.63, 3.8) is 0 Å². The zero-order chi connectivity index (χ0) is 17.1. The number of rotatable bonds is 4. The SMILES string of the molecule is O=C(NCc1ccc(N2CCOCC2)cc1)c1cn2c(n1)CSCC2. The minimum Gasteiger partial charge on any atom is -0.378 e. The third kappa shape index (κ3) is 3.82. The summed E-state index contributed by atoms with van der Waals surface area (Å²) in [5, 5.41) is 2.97. The summed E-state index contributed by atoms with van der Waals surface area (Å²) in [5.41, 5.74) is 2.81. The predicted molar refractivity (Wildman–Crippen MR) is 99.0 cm³/mol. The molecule has 0 radical (unpaired) electrons. The summed E-state index contributed by atoms with van der Waals surface area (Å²) in [7, 11) is 0. The summed E-state index contributed by atoms with van der Waals surface area (Å²) >= 11 is 1.86. The van der Waals surface area contributed by atoms with Crippen LogP contribution in [0.2, 0.25) is 0 Å². The molecule has 2 aromatic rings. The molecule has 7 heteroatoms. The van der Waals surface area contributed by atoms with Gasteiger partial charge in [0.25, 0.3) is 5.91 Å². The van der Waals surface area contributed by atoms with Crippen LogP contribution in [-0.4, -0.2) is 47.5 Å². The molecular weight excluding hydrogens is 336 g/mol. The van der Waals surface area contributed by atoms with Crippen LogP contribution in [-0.2, 0) is 23.6 Å². The Morgan fingerprint density at radius 1 is 1.20 bits per heavy atom. The van der Waals surface area contributed by atoms with Crippen LogP contribution in [0.5, 0.6) is 0 Å². The monoisotopic (exact) mass is 358 g/mol. The number of carbonyl (C=O) groups excluding carboxylic acids is 1. The van der Waals surface area contributed by atoms with Crippen molar-refractivity contribution in [1.82, 2.24) is 14.9 Å². The maximum Gasteiger partial charge on any atom is 0.271 e. The summed E-state index contributed by atoms with van der Waals surface area (Å²) in [6.45, 7) is 4.87. The summed E-state index contributed by atoms with van der Waals surface area (Å²) in [6.07, 6.45) is 1.87. The Morgan fingerprint density at radius 2 is 2.00 bits per heavy atom. The molecule has 3 heterocycles. The van der Waals surface area contributed by atoms with E-state index in [4.69, 9.17) is 4.74 Å². The predicted octanol–water partition coefficient (Wildman–Crippen LogP) is 1.90. The fraction of sp³-hybridized carbons (Fsp3) is 0.444. The highest BCUT2D eigenvalue weighted by molar-refractivity contribution is 7.98. The number of nitrogens with zero attached hydrogens (tertiary/aromatic N) is 3. The number of aromatic nitrogens is 2. The molecule has 6 nitrogen and oxygen atoms in total. The molecule has 1 aromatic carbocycles. The van der Waals surface area contributed by atoms with Gasteiger partial charge in [-0.3, -0.25) is 4.79 Å². The van der Waals surface area contributed by atoms with E-state index in [1.165, 1.54) is 5.69 Å². The first-order chi connectivity index (χ1) is 12.3. The van der Waals surface area contributed by atoms with Crippen LogP contribution in [0.15, 0.2) is 30.5 Å². The van der Waals surface area contributed by atoms with Crippen molar-refractivity contribution in [1.29, 1.82) is 0 Å². The molecule has 132 valence electrons. The molecule has 4 rings (SSSR count). The van der Waals surface area contributed by atoms with E-state index in [0.717, 1.165) is 55.7 Å². The van der Waals surface area contributed by atoms with E-state index in [2.05, 4.69) is 44.0 Å². The Hall–Kier alpha value is -1.99. The highest BCUT2D eigenvalue weighted by Crippen LogP contribution is 2.19. The third-order valence-electron chi connectivity index (χ3n) is 4.57. The number of fused-ring (bicyclic) bond motifs is 1. The second-order valence-electron chi connectivity index (χ2n) is 6.24. The number of carbonyl (C=O) groups is 1. The minimum atomic E-state index is -0.107. The molecule has 25 heavy (non-hydrogen) atoms. The minimum absolute atomic E-state index is 0.107. The number of hydrogen-bond acceptors (Lipinski definition) is 5. The number of thioether (sulfide) groups is 1. The fourth-order valence-electron chi connectivity index (χ4n) is 3.12. The van der Waals surface area contributed by atoms with Crippen LogP contribution < -0.4 is 10.2 Å². The number of morpholine rings is 1. The van der Waals surface area contributed by atoms with Gasteiger partial charge >= 0.3 is 0 Å². The number of amides is 1. The average molecular weight is 358 g/mol. The number of hydrogen-bond donors (Lipinski definition) is 1. The first-order valence-electron chi connectivity index (χ1n) is 8.63. The van der Waals surface area contributed by atoms with Crippen molar-refractivity contribution in [3.05, 3.63) is 47.5 Å². The van der Waals surface area contributed by atoms with E-state index < -0.39 is 0 Å². The molecule has 1 fully saturated rings. The van der Waals surface area contributed by atoms with Gasteiger partial charge in [0.15, 0.2) is 0 Å². The largest absolute Gasteiger partial charge is 0.378 e. The quantitative estimate of drug-likeness (QED) is 0.905. The van der Waals surface area contributed by atoms with Crippen molar-refractivity contribution in [2.45, 2.75) is 18.8 Å². The first kappa shape index (κ1) is 16.5. The fourth-order valence-corrected chi connectivity index (χ4v) is 4.00. The van der Waals surface area contributed by atoms with Gasteiger partial charge in [-0.15, -0.1) is 0 Å². The maximum atomic E-state index is 12.3. The molecule has 0 bridgehead atoms. The zero-order valence-electron chi connectivity index (χ0n) is 14.1. The molecule has 2 aliphatic heterocycles. The Bertz CT molecular complexity index is 715. The normalized spacial score (nSPS) is 17.2. The molecular formula is C18H22N4O2S. The number of imidazole rings is 1. The topological polar surface area (TPSA) is 59.4 Å². The van der Waals surface area contributed by atoms with Crippen LogP contribution >= 0.6 is 11.8 Å². The van der Waals surface area contributed by atoms with Crippen LogP contribution in [0, 0.1) is 0 Å². The van der Waals surface area contributed by atoms with Gasteiger partial charge in [0.1, 0.15) is 11.5 Å². The third-order valence-corrected chi connectivity index (χ3v) is 5.50. The lowest BCUT2D eigenvalue weighted by atomic mass is 10.2. The van der Waals surface area contributed by atoms with Gasteiger partial charge in [0, 0.05) is 43.8 Å². The lowest BCUT2D eigenvalue weighted by Gasteiger charge is -2.28. The Morgan fingerprint density at radius 3 is 2.76 bits per heavy atom. The standard InChI is InChI=1S/C18H22N4O2S/c23-18(16-12-22-7-10-25-13-17(22)20-16)19-11-14-1-3-15(4-2-14)21-5-8-24-9-6-21/h1-4,12H,5-11,13H2,(H,19,23).